The molecule has 3 nitrogen and oxygen atoms in total. The fraction of sp³-hybridized carbons (Fsp3) is 0.625. The van der Waals surface area contributed by atoms with Crippen LogP contribution in [0.15, 0.2) is 29.2 Å². The van der Waals surface area contributed by atoms with Crippen molar-refractivity contribution in [3.05, 3.63) is 24.3 Å². The SMILES string of the molecule is CCCS(=O)(=O)c1ccccc1N(C)C1CCCCC1Br. The maximum Gasteiger partial charge on any atom is 0.180 e. The third-order valence-corrected chi connectivity index (χ3v) is 7.23. The highest BCUT2D eigenvalue weighted by atomic mass is 79.9. The Bertz CT molecular complexity index is 573. The molecule has 0 bridgehead atoms. The van der Waals surface area contributed by atoms with Crippen LogP contribution in [0.4, 0.5) is 5.69 Å². The van der Waals surface area contributed by atoms with Gasteiger partial charge >= 0.3 is 0 Å². The van der Waals surface area contributed by atoms with Gasteiger partial charge in [0.2, 0.25) is 0 Å². The molecule has 2 unspecified atom stereocenters. The lowest BCUT2D eigenvalue weighted by Gasteiger charge is -2.37. The molecule has 1 aliphatic rings. The first kappa shape index (κ1) is 16.8. The van der Waals surface area contributed by atoms with Gasteiger partial charge in [0.25, 0.3) is 0 Å². The van der Waals surface area contributed by atoms with Crippen LogP contribution in [0.3, 0.4) is 0 Å². The van der Waals surface area contributed by atoms with E-state index in [0.717, 1.165) is 18.5 Å². The van der Waals surface area contributed by atoms with Crippen molar-refractivity contribution in [1.29, 1.82) is 0 Å². The summed E-state index contributed by atoms with van der Waals surface area (Å²) in [7, 11) is -1.18. The minimum atomic E-state index is -3.20. The number of alkyl halides is 1. The van der Waals surface area contributed by atoms with E-state index in [0.29, 0.717) is 22.2 Å². The van der Waals surface area contributed by atoms with E-state index in [4.69, 9.17) is 0 Å². The zero-order valence-electron chi connectivity index (χ0n) is 12.8. The Morgan fingerprint density at radius 1 is 1.24 bits per heavy atom. The number of hydrogen-bond donors (Lipinski definition) is 0. The number of benzene rings is 1. The number of nitrogens with zero attached hydrogens (tertiary/aromatic N) is 1. The standard InChI is InChI=1S/C16H24BrNO2S/c1-3-12-21(19,20)16-11-7-6-10-15(16)18(2)14-9-5-4-8-13(14)17/h6-7,10-11,13-14H,3-5,8-9,12H2,1-2H3. The number of sulfone groups is 1. The summed E-state index contributed by atoms with van der Waals surface area (Å²) >= 11 is 3.77. The Morgan fingerprint density at radius 2 is 1.90 bits per heavy atom. The van der Waals surface area contributed by atoms with Gasteiger partial charge in [-0.2, -0.15) is 0 Å². The minimum Gasteiger partial charge on any atom is -0.369 e. The van der Waals surface area contributed by atoms with E-state index in [2.05, 4.69) is 20.8 Å². The lowest BCUT2D eigenvalue weighted by molar-refractivity contribution is 0.442. The van der Waals surface area contributed by atoms with Crippen LogP contribution in [0.25, 0.3) is 0 Å². The predicted octanol–water partition coefficient (Wildman–Crippen LogP) is 4.01. The van der Waals surface area contributed by atoms with Crippen LogP contribution in [0.5, 0.6) is 0 Å². The third-order valence-electron chi connectivity index (χ3n) is 4.20. The van der Waals surface area contributed by atoms with Crippen molar-refractivity contribution in [3.63, 3.8) is 0 Å². The summed E-state index contributed by atoms with van der Waals surface area (Å²) in [5, 5.41) is 0. The highest BCUT2D eigenvalue weighted by Crippen LogP contribution is 2.34. The molecule has 1 fully saturated rings. The van der Waals surface area contributed by atoms with Gasteiger partial charge in [-0.05, 0) is 31.4 Å². The molecule has 0 radical (unpaired) electrons. The Balaban J connectivity index is 2.35. The second-order valence-corrected chi connectivity index (χ2v) is 9.02. The average Bonchev–Trinajstić information content (AvgIpc) is 2.47. The van der Waals surface area contributed by atoms with Gasteiger partial charge in [-0.3, -0.25) is 0 Å². The largest absolute Gasteiger partial charge is 0.369 e. The van der Waals surface area contributed by atoms with E-state index in [1.54, 1.807) is 6.07 Å². The highest BCUT2D eigenvalue weighted by Gasteiger charge is 2.29. The maximum atomic E-state index is 12.5. The van der Waals surface area contributed by atoms with E-state index in [1.165, 1.54) is 12.8 Å². The topological polar surface area (TPSA) is 37.4 Å². The molecule has 0 N–H and O–H groups in total. The van der Waals surface area contributed by atoms with Gasteiger partial charge in [0.15, 0.2) is 9.84 Å². The molecule has 0 aromatic heterocycles. The lowest BCUT2D eigenvalue weighted by Crippen LogP contribution is -2.41. The van der Waals surface area contributed by atoms with E-state index in [9.17, 15) is 8.42 Å². The molecule has 2 rings (SSSR count). The van der Waals surface area contributed by atoms with Gasteiger partial charge in [0.1, 0.15) is 0 Å². The number of anilines is 1. The number of hydrogen-bond acceptors (Lipinski definition) is 3. The van der Waals surface area contributed by atoms with Gasteiger partial charge in [0, 0.05) is 17.9 Å². The van der Waals surface area contributed by atoms with Crippen LogP contribution in [-0.2, 0) is 9.84 Å². The molecule has 0 aliphatic heterocycles. The summed E-state index contributed by atoms with van der Waals surface area (Å²) in [5.41, 5.74) is 0.835. The Morgan fingerprint density at radius 3 is 2.57 bits per heavy atom. The molecule has 0 amide bonds. The quantitative estimate of drug-likeness (QED) is 0.731. The molecule has 21 heavy (non-hydrogen) atoms. The van der Waals surface area contributed by atoms with Gasteiger partial charge < -0.3 is 4.90 Å². The second kappa shape index (κ2) is 7.14. The minimum absolute atomic E-state index is 0.209. The Hall–Kier alpha value is -0.550. The van der Waals surface area contributed by atoms with Gasteiger partial charge in [-0.15, -0.1) is 0 Å². The first-order valence-corrected chi connectivity index (χ1v) is 10.2. The maximum absolute atomic E-state index is 12.5. The third kappa shape index (κ3) is 3.81. The van der Waals surface area contributed by atoms with Crippen LogP contribution in [0, 0.1) is 0 Å². The molecular formula is C16H24BrNO2S. The van der Waals surface area contributed by atoms with Crippen LogP contribution >= 0.6 is 15.9 Å². The second-order valence-electron chi connectivity index (χ2n) is 5.77. The average molecular weight is 374 g/mol. The first-order valence-electron chi connectivity index (χ1n) is 7.66. The summed E-state index contributed by atoms with van der Waals surface area (Å²) < 4.78 is 25.0. The van der Waals surface area contributed by atoms with Crippen molar-refractivity contribution < 1.29 is 8.42 Å². The molecule has 0 saturated heterocycles. The predicted molar refractivity (Wildman–Crippen MR) is 92.2 cm³/mol. The van der Waals surface area contributed by atoms with Gasteiger partial charge in [0.05, 0.1) is 16.3 Å². The van der Waals surface area contributed by atoms with Crippen LogP contribution in [-0.4, -0.2) is 32.1 Å². The molecule has 0 spiro atoms. The lowest BCUT2D eigenvalue weighted by atomic mass is 9.94. The fourth-order valence-electron chi connectivity index (χ4n) is 3.07. The van der Waals surface area contributed by atoms with Crippen molar-refractivity contribution >= 4 is 31.5 Å². The van der Waals surface area contributed by atoms with Crippen LogP contribution < -0.4 is 4.90 Å². The van der Waals surface area contributed by atoms with Crippen molar-refractivity contribution in [1.82, 2.24) is 0 Å². The van der Waals surface area contributed by atoms with E-state index in [1.807, 2.05) is 32.2 Å². The first-order chi connectivity index (χ1) is 9.97. The van der Waals surface area contributed by atoms with Crippen molar-refractivity contribution in [2.45, 2.75) is 54.8 Å². The van der Waals surface area contributed by atoms with Crippen molar-refractivity contribution in [2.75, 3.05) is 17.7 Å². The zero-order chi connectivity index (χ0) is 15.5. The molecule has 118 valence electrons. The Kier molecular flexibility index (Phi) is 5.72. The highest BCUT2D eigenvalue weighted by molar-refractivity contribution is 9.09. The molecule has 1 aromatic rings. The van der Waals surface area contributed by atoms with Crippen LogP contribution in [0.2, 0.25) is 0 Å². The molecule has 2 atom stereocenters. The molecule has 1 aliphatic carbocycles. The summed E-state index contributed by atoms with van der Waals surface area (Å²) in [5.74, 6) is 0.209. The van der Waals surface area contributed by atoms with Crippen molar-refractivity contribution in [3.8, 4) is 0 Å². The number of para-hydroxylation sites is 1. The molecule has 5 heteroatoms. The van der Waals surface area contributed by atoms with Crippen molar-refractivity contribution in [2.24, 2.45) is 0 Å². The van der Waals surface area contributed by atoms with E-state index >= 15 is 0 Å². The smallest absolute Gasteiger partial charge is 0.180 e. The van der Waals surface area contributed by atoms with E-state index < -0.39 is 9.84 Å². The van der Waals surface area contributed by atoms with Gasteiger partial charge in [-0.25, -0.2) is 8.42 Å². The molecule has 1 aromatic carbocycles. The summed E-state index contributed by atoms with van der Waals surface area (Å²) in [6.07, 6.45) is 5.36. The van der Waals surface area contributed by atoms with Crippen LogP contribution in [0.1, 0.15) is 39.0 Å². The molecule has 0 heterocycles. The van der Waals surface area contributed by atoms with E-state index in [-0.39, 0.29) is 5.75 Å². The molecular weight excluding hydrogens is 350 g/mol. The Labute approximate surface area is 136 Å². The fourth-order valence-corrected chi connectivity index (χ4v) is 5.59. The monoisotopic (exact) mass is 373 g/mol. The zero-order valence-corrected chi connectivity index (χ0v) is 15.2. The summed E-state index contributed by atoms with van der Waals surface area (Å²) in [4.78, 5) is 3.05. The summed E-state index contributed by atoms with van der Waals surface area (Å²) in [6, 6.07) is 7.76. The summed E-state index contributed by atoms with van der Waals surface area (Å²) in [6.45, 7) is 1.90. The number of halogens is 1. The normalized spacial score (nSPS) is 23.0. The molecule has 1 saturated carbocycles. The van der Waals surface area contributed by atoms with Gasteiger partial charge in [-0.1, -0.05) is 47.8 Å². The number of rotatable bonds is 5.